The van der Waals surface area contributed by atoms with Gasteiger partial charge in [0.1, 0.15) is 17.1 Å². The number of hydrogen-bond acceptors (Lipinski definition) is 8. The second-order valence-electron chi connectivity index (χ2n) is 7.73. The molecule has 0 amide bonds. The average Bonchev–Trinajstić information content (AvgIpc) is 3.41. The molecule has 0 atom stereocenters. The van der Waals surface area contributed by atoms with Crippen molar-refractivity contribution in [2.75, 3.05) is 11.8 Å². The predicted molar refractivity (Wildman–Crippen MR) is 140 cm³/mol. The summed E-state index contributed by atoms with van der Waals surface area (Å²) < 4.78 is 47.4. The first kappa shape index (κ1) is 24.6. The molecule has 5 rings (SSSR count). The topological polar surface area (TPSA) is 118 Å². The number of nitriles is 1. The summed E-state index contributed by atoms with van der Waals surface area (Å²) in [5.41, 5.74) is 3.82. The Kier molecular flexibility index (Phi) is 6.47. The number of ether oxygens (including phenoxy) is 1. The van der Waals surface area contributed by atoms with Gasteiger partial charge in [-0.2, -0.15) is 5.26 Å². The van der Waals surface area contributed by atoms with E-state index in [4.69, 9.17) is 16.3 Å². The molecule has 0 fully saturated rings. The lowest BCUT2D eigenvalue weighted by atomic mass is 9.94. The van der Waals surface area contributed by atoms with Gasteiger partial charge in [0.2, 0.25) is 5.13 Å². The quantitative estimate of drug-likeness (QED) is 0.279. The summed E-state index contributed by atoms with van der Waals surface area (Å²) in [7, 11) is -2.40. The first-order valence-electron chi connectivity index (χ1n) is 10.6. The minimum atomic E-state index is -3.89. The minimum Gasteiger partial charge on any atom is -0.496 e. The molecule has 0 unspecified atom stereocenters. The SMILES string of the molecule is COc1cc(-c2ccc(F)c(Cl)c2)c(C#N)cc1-c1nccc2cc(S(=O)(=O)Nc3nncs3)ccc12. The van der Waals surface area contributed by atoms with Crippen molar-refractivity contribution in [1.82, 2.24) is 15.2 Å². The number of fused-ring (bicyclic) bond motifs is 1. The summed E-state index contributed by atoms with van der Waals surface area (Å²) in [6.45, 7) is 0. The summed E-state index contributed by atoms with van der Waals surface area (Å²) in [5, 5.41) is 18.6. The molecule has 2 aromatic heterocycles. The molecular weight excluding hydrogens is 537 g/mol. The molecule has 2 heterocycles. The Morgan fingerprint density at radius 1 is 1.11 bits per heavy atom. The molecule has 0 saturated heterocycles. The highest BCUT2D eigenvalue weighted by molar-refractivity contribution is 7.93. The molecule has 8 nitrogen and oxygen atoms in total. The summed E-state index contributed by atoms with van der Waals surface area (Å²) in [6.07, 6.45) is 1.55. The molecule has 0 radical (unpaired) electrons. The molecular formula is C25H15ClFN5O3S2. The molecule has 0 bridgehead atoms. The van der Waals surface area contributed by atoms with Crippen LogP contribution in [0.3, 0.4) is 0 Å². The molecule has 1 N–H and O–H groups in total. The maximum Gasteiger partial charge on any atom is 0.263 e. The van der Waals surface area contributed by atoms with Crippen LogP contribution >= 0.6 is 22.9 Å². The van der Waals surface area contributed by atoms with E-state index in [1.54, 1.807) is 30.5 Å². The third-order valence-corrected chi connectivity index (χ3v) is 7.94. The Bertz CT molecular complexity index is 1810. The fourth-order valence-electron chi connectivity index (χ4n) is 3.86. The lowest BCUT2D eigenvalue weighted by Gasteiger charge is -2.15. The Labute approximate surface area is 220 Å². The highest BCUT2D eigenvalue weighted by Crippen LogP contribution is 2.39. The number of sulfonamides is 1. The van der Waals surface area contributed by atoms with E-state index < -0.39 is 15.8 Å². The van der Waals surface area contributed by atoms with Crippen LogP contribution in [0.25, 0.3) is 33.2 Å². The summed E-state index contributed by atoms with van der Waals surface area (Å²) in [5.74, 6) is -0.142. The molecule has 0 saturated carbocycles. The number of rotatable bonds is 6. The van der Waals surface area contributed by atoms with Crippen LogP contribution in [0.1, 0.15) is 5.56 Å². The molecule has 0 aliphatic carbocycles. The molecule has 5 aromatic rings. The van der Waals surface area contributed by atoms with Gasteiger partial charge in [-0.3, -0.25) is 9.71 Å². The van der Waals surface area contributed by atoms with Gasteiger partial charge in [-0.15, -0.1) is 10.2 Å². The number of nitrogens with one attached hydrogen (secondary N) is 1. The van der Waals surface area contributed by atoms with Gasteiger partial charge < -0.3 is 4.74 Å². The Morgan fingerprint density at radius 3 is 2.65 bits per heavy atom. The number of halogens is 2. The summed E-state index contributed by atoms with van der Waals surface area (Å²) in [4.78, 5) is 4.54. The van der Waals surface area contributed by atoms with E-state index in [9.17, 15) is 18.1 Å². The molecule has 37 heavy (non-hydrogen) atoms. The highest BCUT2D eigenvalue weighted by Gasteiger charge is 2.20. The van der Waals surface area contributed by atoms with Crippen molar-refractivity contribution < 1.29 is 17.5 Å². The largest absolute Gasteiger partial charge is 0.496 e. The minimum absolute atomic E-state index is 0.0422. The van der Waals surface area contributed by atoms with Crippen molar-refractivity contribution in [3.8, 4) is 34.2 Å². The number of methoxy groups -OCH3 is 1. The van der Waals surface area contributed by atoms with Gasteiger partial charge in [0.25, 0.3) is 10.0 Å². The van der Waals surface area contributed by atoms with Crippen LogP contribution in [0.4, 0.5) is 9.52 Å². The maximum absolute atomic E-state index is 13.7. The smallest absolute Gasteiger partial charge is 0.263 e. The third kappa shape index (κ3) is 4.70. The monoisotopic (exact) mass is 551 g/mol. The van der Waals surface area contributed by atoms with Gasteiger partial charge in [0, 0.05) is 22.7 Å². The van der Waals surface area contributed by atoms with Crippen LogP contribution in [0, 0.1) is 17.1 Å². The van der Waals surface area contributed by atoms with E-state index in [-0.39, 0.29) is 15.0 Å². The number of aromatic nitrogens is 3. The standard InChI is InChI=1S/C25H15ClFN5O3S2/c1-35-23-11-19(14-2-5-22(27)21(26)10-14)16(12-28)9-20(23)24-18-4-3-17(8-15(18)6-7-29-24)37(33,34)32-25-31-30-13-36-25/h2-11,13H,1H3,(H,31,32). The van der Waals surface area contributed by atoms with E-state index in [0.29, 0.717) is 44.5 Å². The summed E-state index contributed by atoms with van der Waals surface area (Å²) >= 11 is 7.02. The summed E-state index contributed by atoms with van der Waals surface area (Å²) in [6, 6.07) is 16.0. The second kappa shape index (κ2) is 9.74. The van der Waals surface area contributed by atoms with Crippen LogP contribution < -0.4 is 9.46 Å². The predicted octanol–water partition coefficient (Wildman–Crippen LogP) is 5.89. The van der Waals surface area contributed by atoms with E-state index in [2.05, 4.69) is 26.0 Å². The first-order valence-corrected chi connectivity index (χ1v) is 13.3. The van der Waals surface area contributed by atoms with Crippen LogP contribution in [0.2, 0.25) is 5.02 Å². The molecule has 184 valence electrons. The van der Waals surface area contributed by atoms with E-state index in [1.165, 1.54) is 43.0 Å². The van der Waals surface area contributed by atoms with Crippen molar-refractivity contribution in [1.29, 1.82) is 5.26 Å². The first-order chi connectivity index (χ1) is 17.8. The molecule has 0 aliphatic rings. The van der Waals surface area contributed by atoms with Gasteiger partial charge in [0.05, 0.1) is 34.4 Å². The van der Waals surface area contributed by atoms with Gasteiger partial charge in [0.15, 0.2) is 0 Å². The van der Waals surface area contributed by atoms with Crippen molar-refractivity contribution in [2.45, 2.75) is 4.90 Å². The number of hydrogen-bond donors (Lipinski definition) is 1. The van der Waals surface area contributed by atoms with Crippen LogP contribution in [-0.4, -0.2) is 30.7 Å². The Balaban J connectivity index is 1.63. The lowest BCUT2D eigenvalue weighted by Crippen LogP contribution is -2.12. The molecule has 0 aliphatic heterocycles. The zero-order valence-corrected chi connectivity index (χ0v) is 21.3. The van der Waals surface area contributed by atoms with Crippen molar-refractivity contribution in [3.63, 3.8) is 0 Å². The third-order valence-electron chi connectivity index (χ3n) is 5.57. The van der Waals surface area contributed by atoms with Crippen LogP contribution in [0.5, 0.6) is 5.75 Å². The number of nitrogens with zero attached hydrogens (tertiary/aromatic N) is 4. The molecule has 12 heteroatoms. The van der Waals surface area contributed by atoms with Gasteiger partial charge in [-0.05, 0) is 53.4 Å². The zero-order valence-electron chi connectivity index (χ0n) is 18.9. The zero-order chi connectivity index (χ0) is 26.2. The number of anilines is 1. The fraction of sp³-hybridized carbons (Fsp3) is 0.0400. The molecule has 3 aromatic carbocycles. The van der Waals surface area contributed by atoms with E-state index in [0.717, 1.165) is 11.3 Å². The maximum atomic E-state index is 13.7. The van der Waals surface area contributed by atoms with Gasteiger partial charge >= 0.3 is 0 Å². The second-order valence-corrected chi connectivity index (χ2v) is 10.7. The highest BCUT2D eigenvalue weighted by atomic mass is 35.5. The Hall–Kier alpha value is -4.11. The van der Waals surface area contributed by atoms with Crippen molar-refractivity contribution in [3.05, 3.63) is 82.7 Å². The Morgan fingerprint density at radius 2 is 1.95 bits per heavy atom. The van der Waals surface area contributed by atoms with Gasteiger partial charge in [-0.1, -0.05) is 35.1 Å². The van der Waals surface area contributed by atoms with Gasteiger partial charge in [-0.25, -0.2) is 12.8 Å². The fourth-order valence-corrected chi connectivity index (χ4v) is 5.77. The van der Waals surface area contributed by atoms with E-state index >= 15 is 0 Å². The van der Waals surface area contributed by atoms with Crippen molar-refractivity contribution >= 4 is 48.9 Å². The number of pyridine rings is 1. The normalized spacial score (nSPS) is 11.3. The lowest BCUT2D eigenvalue weighted by molar-refractivity contribution is 0.416. The average molecular weight is 552 g/mol. The van der Waals surface area contributed by atoms with E-state index in [1.807, 2.05) is 0 Å². The van der Waals surface area contributed by atoms with Crippen LogP contribution in [0.15, 0.2) is 71.2 Å². The molecule has 0 spiro atoms. The van der Waals surface area contributed by atoms with Crippen molar-refractivity contribution in [2.24, 2.45) is 0 Å². The number of benzene rings is 3. The van der Waals surface area contributed by atoms with Crippen LogP contribution in [-0.2, 0) is 10.0 Å².